The number of benzene rings is 1. The van der Waals surface area contributed by atoms with E-state index in [1.54, 1.807) is 24.3 Å². The Morgan fingerprint density at radius 3 is 2.70 bits per heavy atom. The van der Waals surface area contributed by atoms with Gasteiger partial charge in [-0.15, -0.1) is 0 Å². The molecule has 1 aliphatic rings. The highest BCUT2D eigenvalue weighted by Crippen LogP contribution is 2.20. The van der Waals surface area contributed by atoms with Gasteiger partial charge in [0, 0.05) is 18.4 Å². The topological polar surface area (TPSA) is 124 Å². The van der Waals surface area contributed by atoms with Gasteiger partial charge in [0.25, 0.3) is 5.56 Å². The van der Waals surface area contributed by atoms with Crippen LogP contribution < -0.4 is 5.56 Å². The first-order valence-corrected chi connectivity index (χ1v) is 7.14. The molecule has 0 radical (unpaired) electrons. The summed E-state index contributed by atoms with van der Waals surface area (Å²) >= 11 is 0. The maximum absolute atomic E-state index is 12.4. The average Bonchev–Trinajstić information content (AvgIpc) is 2.93. The molecular formula is C15H15N3O5. The molecule has 2 atom stereocenters. The number of aliphatic hydroxyl groups excluding tert-OH is 1. The summed E-state index contributed by atoms with van der Waals surface area (Å²) in [5.41, 5.74) is 0.0209. The molecule has 2 heterocycles. The zero-order chi connectivity index (χ0) is 16.6. The number of aliphatic carboxylic acids is 1. The quantitative estimate of drug-likeness (QED) is 0.702. The summed E-state index contributed by atoms with van der Waals surface area (Å²) in [7, 11) is 0. The lowest BCUT2D eigenvalue weighted by Crippen LogP contribution is -2.41. The number of rotatable bonds is 3. The lowest BCUT2D eigenvalue weighted by atomic mass is 10.1. The van der Waals surface area contributed by atoms with Crippen molar-refractivity contribution in [3.05, 3.63) is 40.3 Å². The van der Waals surface area contributed by atoms with Crippen LogP contribution in [0.5, 0.6) is 0 Å². The number of nitrogens with zero attached hydrogens (tertiary/aromatic N) is 2. The fraction of sp³-hybridized carbons (Fsp3) is 0.333. The van der Waals surface area contributed by atoms with Gasteiger partial charge in [0.15, 0.2) is 0 Å². The largest absolute Gasteiger partial charge is 0.480 e. The number of hydrogen-bond donors (Lipinski definition) is 3. The molecule has 1 aromatic heterocycles. The molecule has 3 rings (SSSR count). The van der Waals surface area contributed by atoms with E-state index in [9.17, 15) is 19.5 Å². The van der Waals surface area contributed by atoms with Gasteiger partial charge in [0.1, 0.15) is 6.04 Å². The number of fused-ring (bicyclic) bond motifs is 1. The van der Waals surface area contributed by atoms with E-state index in [0.29, 0.717) is 16.5 Å². The number of hydrogen-bond acceptors (Lipinski definition) is 5. The van der Waals surface area contributed by atoms with E-state index in [-0.39, 0.29) is 24.9 Å². The highest BCUT2D eigenvalue weighted by Gasteiger charge is 2.38. The first-order chi connectivity index (χ1) is 11.0. The molecule has 8 nitrogen and oxygen atoms in total. The van der Waals surface area contributed by atoms with E-state index in [4.69, 9.17) is 5.11 Å². The SMILES string of the molecule is O=C(O)[C@H]1C[C@H](O)CN1C(=O)Cc1n[nH]c(=O)c2ccccc12. The lowest BCUT2D eigenvalue weighted by Gasteiger charge is -2.21. The Kier molecular flexibility index (Phi) is 3.83. The minimum Gasteiger partial charge on any atom is -0.480 e. The summed E-state index contributed by atoms with van der Waals surface area (Å²) in [5.74, 6) is -1.59. The highest BCUT2D eigenvalue weighted by molar-refractivity contribution is 5.90. The number of carboxylic acids is 1. The first-order valence-electron chi connectivity index (χ1n) is 7.14. The number of amides is 1. The zero-order valence-corrected chi connectivity index (χ0v) is 12.1. The first kappa shape index (κ1) is 15.2. The van der Waals surface area contributed by atoms with Crippen molar-refractivity contribution >= 4 is 22.6 Å². The van der Waals surface area contributed by atoms with Gasteiger partial charge < -0.3 is 15.1 Å². The minimum atomic E-state index is -1.14. The molecule has 8 heteroatoms. The van der Waals surface area contributed by atoms with E-state index in [2.05, 4.69) is 10.2 Å². The molecular weight excluding hydrogens is 302 g/mol. The van der Waals surface area contributed by atoms with Crippen LogP contribution in [0.4, 0.5) is 0 Å². The Bertz CT molecular complexity index is 831. The fourth-order valence-electron chi connectivity index (χ4n) is 2.87. The average molecular weight is 317 g/mol. The standard InChI is InChI=1S/C15H15N3O5/c19-8-5-12(15(22)23)18(7-8)13(20)6-11-9-3-1-2-4-10(9)14(21)17-16-11/h1-4,8,12,19H,5-7H2,(H,17,21)(H,22,23)/t8-,12+/m0/s1. The van der Waals surface area contributed by atoms with E-state index in [1.165, 1.54) is 0 Å². The van der Waals surface area contributed by atoms with Crippen LogP contribution in [0.15, 0.2) is 29.1 Å². The van der Waals surface area contributed by atoms with Crippen LogP contribution >= 0.6 is 0 Å². The number of aromatic amines is 1. The van der Waals surface area contributed by atoms with Crippen LogP contribution in [0.3, 0.4) is 0 Å². The van der Waals surface area contributed by atoms with Gasteiger partial charge in [-0.25, -0.2) is 9.89 Å². The molecule has 1 aromatic carbocycles. The molecule has 0 bridgehead atoms. The van der Waals surface area contributed by atoms with Crippen LogP contribution in [0.25, 0.3) is 10.8 Å². The van der Waals surface area contributed by atoms with Crippen LogP contribution in [0.1, 0.15) is 12.1 Å². The number of carboxylic acid groups (broad SMARTS) is 1. The normalized spacial score (nSPS) is 20.8. The summed E-state index contributed by atoms with van der Waals surface area (Å²) < 4.78 is 0. The zero-order valence-electron chi connectivity index (χ0n) is 12.1. The van der Waals surface area contributed by atoms with Crippen molar-refractivity contribution in [1.29, 1.82) is 0 Å². The van der Waals surface area contributed by atoms with Gasteiger partial charge >= 0.3 is 5.97 Å². The molecule has 1 fully saturated rings. The molecule has 1 saturated heterocycles. The number of likely N-dealkylation sites (tertiary alicyclic amines) is 1. The third-order valence-corrected chi connectivity index (χ3v) is 3.98. The number of H-pyrrole nitrogens is 1. The summed E-state index contributed by atoms with van der Waals surface area (Å²) in [6.07, 6.45) is -0.977. The maximum atomic E-state index is 12.4. The molecule has 0 unspecified atom stereocenters. The predicted molar refractivity (Wildman–Crippen MR) is 79.8 cm³/mol. The summed E-state index contributed by atoms with van der Waals surface area (Å²) in [4.78, 5) is 36.5. The molecule has 23 heavy (non-hydrogen) atoms. The van der Waals surface area contributed by atoms with Crippen LogP contribution in [-0.4, -0.2) is 55.9 Å². The predicted octanol–water partition coefficient (Wildman–Crippen LogP) is -0.488. The number of β-amino-alcohol motifs (C(OH)–C–C–N with tert-alkyl or cyclic N) is 1. The number of carbonyl (C=O) groups is 2. The van der Waals surface area contributed by atoms with Crippen molar-refractivity contribution in [1.82, 2.24) is 15.1 Å². The van der Waals surface area contributed by atoms with Gasteiger partial charge in [-0.05, 0) is 6.07 Å². The molecule has 0 saturated carbocycles. The highest BCUT2D eigenvalue weighted by atomic mass is 16.4. The summed E-state index contributed by atoms with van der Waals surface area (Å²) in [5, 5.41) is 26.0. The molecule has 3 N–H and O–H groups in total. The van der Waals surface area contributed by atoms with Crippen molar-refractivity contribution in [2.24, 2.45) is 0 Å². The van der Waals surface area contributed by atoms with Crippen LogP contribution in [0, 0.1) is 0 Å². The second kappa shape index (κ2) is 5.81. The maximum Gasteiger partial charge on any atom is 0.326 e. The Labute approximate surface area is 130 Å². The number of aliphatic hydroxyl groups is 1. The van der Waals surface area contributed by atoms with Crippen molar-refractivity contribution in [3.63, 3.8) is 0 Å². The van der Waals surface area contributed by atoms with Crippen molar-refractivity contribution in [2.75, 3.05) is 6.54 Å². The molecule has 1 amide bonds. The monoisotopic (exact) mass is 317 g/mol. The van der Waals surface area contributed by atoms with Crippen molar-refractivity contribution in [2.45, 2.75) is 25.0 Å². The van der Waals surface area contributed by atoms with Crippen LogP contribution in [0.2, 0.25) is 0 Å². The Balaban J connectivity index is 1.90. The lowest BCUT2D eigenvalue weighted by molar-refractivity contribution is -0.148. The number of nitrogens with one attached hydrogen (secondary N) is 1. The van der Waals surface area contributed by atoms with Gasteiger partial charge in [-0.1, -0.05) is 18.2 Å². The second-order valence-corrected chi connectivity index (χ2v) is 5.51. The van der Waals surface area contributed by atoms with Crippen LogP contribution in [-0.2, 0) is 16.0 Å². The van der Waals surface area contributed by atoms with Gasteiger partial charge in [0.2, 0.25) is 5.91 Å². The Hall–Kier alpha value is -2.74. The summed E-state index contributed by atoms with van der Waals surface area (Å²) in [6.45, 7) is -0.0168. The van der Waals surface area contributed by atoms with E-state index in [1.807, 2.05) is 0 Å². The molecule has 0 spiro atoms. The second-order valence-electron chi connectivity index (χ2n) is 5.51. The van der Waals surface area contributed by atoms with E-state index in [0.717, 1.165) is 4.90 Å². The molecule has 2 aromatic rings. The van der Waals surface area contributed by atoms with Crippen molar-refractivity contribution in [3.8, 4) is 0 Å². The molecule has 0 aliphatic carbocycles. The Morgan fingerprint density at radius 2 is 2.00 bits per heavy atom. The van der Waals surface area contributed by atoms with Gasteiger partial charge in [-0.3, -0.25) is 9.59 Å². The fourth-order valence-corrected chi connectivity index (χ4v) is 2.87. The van der Waals surface area contributed by atoms with E-state index < -0.39 is 24.0 Å². The van der Waals surface area contributed by atoms with Gasteiger partial charge in [-0.2, -0.15) is 5.10 Å². The Morgan fingerprint density at radius 1 is 1.30 bits per heavy atom. The van der Waals surface area contributed by atoms with Gasteiger partial charge in [0.05, 0.1) is 23.6 Å². The van der Waals surface area contributed by atoms with E-state index >= 15 is 0 Å². The smallest absolute Gasteiger partial charge is 0.326 e. The minimum absolute atomic E-state index is 0.0148. The third kappa shape index (κ3) is 2.80. The third-order valence-electron chi connectivity index (χ3n) is 3.98. The number of carbonyl (C=O) groups excluding carboxylic acids is 1. The number of aromatic nitrogens is 2. The van der Waals surface area contributed by atoms with Crippen molar-refractivity contribution < 1.29 is 19.8 Å². The summed E-state index contributed by atoms with van der Waals surface area (Å²) in [6, 6.07) is 5.72. The molecule has 1 aliphatic heterocycles. The molecule has 120 valence electrons.